The van der Waals surface area contributed by atoms with E-state index < -0.39 is 0 Å². The summed E-state index contributed by atoms with van der Waals surface area (Å²) in [5.74, 6) is -0.222. The van der Waals surface area contributed by atoms with E-state index in [0.29, 0.717) is 37.8 Å². The van der Waals surface area contributed by atoms with Gasteiger partial charge >= 0.3 is 0 Å². The molecule has 0 aromatic rings. The molecular formula is C12H16N2O3. The van der Waals surface area contributed by atoms with E-state index in [0.717, 1.165) is 6.42 Å². The molecule has 4 N–H and O–H groups in total. The molecule has 0 amide bonds. The molecule has 5 heteroatoms. The second-order valence-corrected chi connectivity index (χ2v) is 4.40. The highest BCUT2D eigenvalue weighted by Crippen LogP contribution is 2.22. The van der Waals surface area contributed by atoms with Gasteiger partial charge in [0.05, 0.1) is 0 Å². The van der Waals surface area contributed by atoms with Crippen LogP contribution in [0.5, 0.6) is 0 Å². The molecule has 0 bridgehead atoms. The van der Waals surface area contributed by atoms with Crippen molar-refractivity contribution in [1.29, 1.82) is 0 Å². The predicted molar refractivity (Wildman–Crippen MR) is 61.7 cm³/mol. The summed E-state index contributed by atoms with van der Waals surface area (Å²) < 4.78 is 0. The summed E-state index contributed by atoms with van der Waals surface area (Å²) in [6.45, 7) is 0. The Morgan fingerprint density at radius 3 is 2.12 bits per heavy atom. The van der Waals surface area contributed by atoms with Crippen LogP contribution < -0.4 is 11.1 Å². The van der Waals surface area contributed by atoms with Crippen LogP contribution in [-0.4, -0.2) is 16.7 Å². The highest BCUT2D eigenvalue weighted by molar-refractivity contribution is 6.01. The molecule has 0 atom stereocenters. The number of hydrogen-bond donors (Lipinski definition) is 3. The zero-order chi connectivity index (χ0) is 12.4. The monoisotopic (exact) mass is 236 g/mol. The standard InChI is InChI=1S/C12H16N2O3/c13-7-3-1-4-8(15)11(7)14-12-9(16)5-2-6-10(12)17/h14,16H,1-6,13H2. The maximum absolute atomic E-state index is 11.7. The number of allylic oxidation sites excluding steroid dienone is 4. The molecule has 0 aromatic heterocycles. The number of Topliss-reactive ketones (excluding diaryl/α,β-unsaturated/α-hetero) is 2. The first-order chi connectivity index (χ1) is 8.09. The largest absolute Gasteiger partial charge is 0.510 e. The minimum atomic E-state index is -0.160. The van der Waals surface area contributed by atoms with E-state index in [1.54, 1.807) is 0 Å². The lowest BCUT2D eigenvalue weighted by Gasteiger charge is -2.21. The van der Waals surface area contributed by atoms with Crippen LogP contribution in [0.15, 0.2) is 22.9 Å². The van der Waals surface area contributed by atoms with Gasteiger partial charge in [0.1, 0.15) is 17.2 Å². The van der Waals surface area contributed by atoms with E-state index in [4.69, 9.17) is 5.73 Å². The molecule has 0 fully saturated rings. The Balaban J connectivity index is 2.26. The third-order valence-electron chi connectivity index (χ3n) is 3.08. The van der Waals surface area contributed by atoms with Crippen LogP contribution in [0.25, 0.3) is 0 Å². The number of carbonyl (C=O) groups excluding carboxylic acids is 2. The Morgan fingerprint density at radius 1 is 0.941 bits per heavy atom. The Kier molecular flexibility index (Phi) is 3.17. The zero-order valence-electron chi connectivity index (χ0n) is 9.58. The minimum Gasteiger partial charge on any atom is -0.510 e. The molecule has 17 heavy (non-hydrogen) atoms. The van der Waals surface area contributed by atoms with Crippen LogP contribution in [0.3, 0.4) is 0 Å². The zero-order valence-corrected chi connectivity index (χ0v) is 9.58. The van der Waals surface area contributed by atoms with Crippen molar-refractivity contribution in [3.63, 3.8) is 0 Å². The van der Waals surface area contributed by atoms with E-state index in [2.05, 4.69) is 5.32 Å². The molecule has 2 rings (SSSR count). The number of rotatable bonds is 2. The molecule has 0 unspecified atom stereocenters. The smallest absolute Gasteiger partial charge is 0.182 e. The van der Waals surface area contributed by atoms with Crippen LogP contribution in [-0.2, 0) is 9.59 Å². The Labute approximate surface area is 99.4 Å². The third kappa shape index (κ3) is 2.33. The van der Waals surface area contributed by atoms with E-state index in [9.17, 15) is 14.7 Å². The lowest BCUT2D eigenvalue weighted by atomic mass is 9.97. The van der Waals surface area contributed by atoms with E-state index >= 15 is 0 Å². The van der Waals surface area contributed by atoms with Crippen LogP contribution in [0.2, 0.25) is 0 Å². The van der Waals surface area contributed by atoms with Crippen molar-refractivity contribution in [3.8, 4) is 0 Å². The molecule has 92 valence electrons. The highest BCUT2D eigenvalue weighted by Gasteiger charge is 2.25. The van der Waals surface area contributed by atoms with Gasteiger partial charge in [0, 0.05) is 25.0 Å². The van der Waals surface area contributed by atoms with Crippen LogP contribution >= 0.6 is 0 Å². The Morgan fingerprint density at radius 2 is 1.53 bits per heavy atom. The summed E-state index contributed by atoms with van der Waals surface area (Å²) in [6.07, 6.45) is 3.35. The molecule has 0 aromatic carbocycles. The van der Waals surface area contributed by atoms with E-state index in [1.807, 2.05) is 0 Å². The molecule has 0 saturated carbocycles. The Hall–Kier alpha value is -1.78. The van der Waals surface area contributed by atoms with Crippen LogP contribution in [0.4, 0.5) is 0 Å². The van der Waals surface area contributed by atoms with Crippen molar-refractivity contribution in [2.45, 2.75) is 38.5 Å². The number of aliphatic hydroxyl groups excluding tert-OH is 1. The topological polar surface area (TPSA) is 92.4 Å². The van der Waals surface area contributed by atoms with Gasteiger partial charge in [-0.3, -0.25) is 9.59 Å². The number of nitrogens with two attached hydrogens (primary N) is 1. The summed E-state index contributed by atoms with van der Waals surface area (Å²) in [5.41, 5.74) is 6.66. The van der Waals surface area contributed by atoms with Crippen molar-refractivity contribution in [2.75, 3.05) is 0 Å². The van der Waals surface area contributed by atoms with Gasteiger partial charge in [-0.15, -0.1) is 0 Å². The first-order valence-electron chi connectivity index (χ1n) is 5.83. The SMILES string of the molecule is NC1=C(NC2=C(O)CCCC2=O)C(=O)CCC1. The van der Waals surface area contributed by atoms with Gasteiger partial charge < -0.3 is 16.2 Å². The van der Waals surface area contributed by atoms with Gasteiger partial charge in [-0.05, 0) is 19.3 Å². The van der Waals surface area contributed by atoms with Gasteiger partial charge in [-0.2, -0.15) is 0 Å². The molecule has 0 heterocycles. The van der Waals surface area contributed by atoms with Crippen molar-refractivity contribution in [1.82, 2.24) is 5.32 Å². The van der Waals surface area contributed by atoms with Gasteiger partial charge in [0.25, 0.3) is 0 Å². The summed E-state index contributed by atoms with van der Waals surface area (Å²) in [5, 5.41) is 12.4. The molecule has 0 saturated heterocycles. The summed E-state index contributed by atoms with van der Waals surface area (Å²) in [4.78, 5) is 23.3. The fourth-order valence-electron chi connectivity index (χ4n) is 2.11. The minimum absolute atomic E-state index is 0.0277. The normalized spacial score (nSPS) is 22.1. The van der Waals surface area contributed by atoms with Gasteiger partial charge in [0.2, 0.25) is 0 Å². The molecule has 0 aliphatic heterocycles. The molecule has 2 aliphatic rings. The number of nitrogens with one attached hydrogen (secondary N) is 1. The number of ketones is 2. The highest BCUT2D eigenvalue weighted by atomic mass is 16.3. The predicted octanol–water partition coefficient (Wildman–Crippen LogP) is 1.02. The third-order valence-corrected chi connectivity index (χ3v) is 3.08. The van der Waals surface area contributed by atoms with Gasteiger partial charge in [-0.25, -0.2) is 0 Å². The lowest BCUT2D eigenvalue weighted by molar-refractivity contribution is -0.117. The van der Waals surface area contributed by atoms with Crippen molar-refractivity contribution >= 4 is 11.6 Å². The van der Waals surface area contributed by atoms with Crippen molar-refractivity contribution in [2.24, 2.45) is 5.73 Å². The molecule has 0 radical (unpaired) electrons. The molecule has 0 spiro atoms. The maximum Gasteiger partial charge on any atom is 0.182 e. The van der Waals surface area contributed by atoms with E-state index in [1.165, 1.54) is 0 Å². The summed E-state index contributed by atoms with van der Waals surface area (Å²) in [7, 11) is 0. The van der Waals surface area contributed by atoms with Crippen molar-refractivity contribution < 1.29 is 14.7 Å². The fraction of sp³-hybridized carbons (Fsp3) is 0.500. The second-order valence-electron chi connectivity index (χ2n) is 4.40. The number of carbonyl (C=O) groups is 2. The van der Waals surface area contributed by atoms with Crippen LogP contribution in [0.1, 0.15) is 38.5 Å². The van der Waals surface area contributed by atoms with Gasteiger partial charge in [-0.1, -0.05) is 0 Å². The van der Waals surface area contributed by atoms with Crippen LogP contribution in [0, 0.1) is 0 Å². The number of hydrogen-bond acceptors (Lipinski definition) is 5. The first-order valence-corrected chi connectivity index (χ1v) is 5.83. The summed E-state index contributed by atoms with van der Waals surface area (Å²) >= 11 is 0. The van der Waals surface area contributed by atoms with E-state index in [-0.39, 0.29) is 28.7 Å². The average molecular weight is 236 g/mol. The average Bonchev–Trinajstić information content (AvgIpc) is 2.27. The first kappa shape index (κ1) is 11.7. The molecule has 5 nitrogen and oxygen atoms in total. The summed E-state index contributed by atoms with van der Waals surface area (Å²) in [6, 6.07) is 0. The Bertz CT molecular complexity index is 395. The van der Waals surface area contributed by atoms with Crippen molar-refractivity contribution in [3.05, 3.63) is 22.9 Å². The molecular weight excluding hydrogens is 220 g/mol. The lowest BCUT2D eigenvalue weighted by Crippen LogP contribution is -2.32. The number of aliphatic hydroxyl groups is 1. The molecule has 2 aliphatic carbocycles. The quantitative estimate of drug-likeness (QED) is 0.665. The van der Waals surface area contributed by atoms with Gasteiger partial charge in [0.15, 0.2) is 11.6 Å². The maximum atomic E-state index is 11.7. The fourth-order valence-corrected chi connectivity index (χ4v) is 2.11. The second kappa shape index (κ2) is 4.61.